The number of nitrogens with one attached hydrogen (secondary N) is 2. The summed E-state index contributed by atoms with van der Waals surface area (Å²) in [5.74, 6) is -0.0313. The van der Waals surface area contributed by atoms with Crippen molar-refractivity contribution >= 4 is 17.5 Å². The Morgan fingerprint density at radius 3 is 2.58 bits per heavy atom. The van der Waals surface area contributed by atoms with E-state index in [1.807, 2.05) is 0 Å². The van der Waals surface area contributed by atoms with Gasteiger partial charge in [0.15, 0.2) is 0 Å². The molecule has 1 saturated heterocycles. The minimum Gasteiger partial charge on any atom is -0.386 e. The summed E-state index contributed by atoms with van der Waals surface area (Å²) in [6.45, 7) is 0.322. The fourth-order valence-corrected chi connectivity index (χ4v) is 3.34. The zero-order valence-electron chi connectivity index (χ0n) is 13.7. The van der Waals surface area contributed by atoms with Gasteiger partial charge in [-0.05, 0) is 30.5 Å². The number of aliphatic hydroxyl groups excluding tert-OH is 1. The molecule has 0 spiro atoms. The second-order valence-corrected chi connectivity index (χ2v) is 6.58. The van der Waals surface area contributed by atoms with E-state index in [2.05, 4.69) is 10.6 Å². The normalized spacial score (nSPS) is 23.4. The Balaban J connectivity index is 1.58. The van der Waals surface area contributed by atoms with Crippen LogP contribution in [-0.4, -0.2) is 36.2 Å². The molecule has 1 aliphatic carbocycles. The molecule has 1 saturated carbocycles. The Morgan fingerprint density at radius 2 is 1.92 bits per heavy atom. The van der Waals surface area contributed by atoms with Crippen molar-refractivity contribution in [3.8, 4) is 0 Å². The zero-order valence-corrected chi connectivity index (χ0v) is 13.7. The number of benzene rings is 1. The van der Waals surface area contributed by atoms with E-state index < -0.39 is 12.1 Å². The van der Waals surface area contributed by atoms with E-state index in [9.17, 15) is 14.7 Å². The molecule has 6 heteroatoms. The highest BCUT2D eigenvalue weighted by Crippen LogP contribution is 2.26. The molecule has 1 aromatic carbocycles. The van der Waals surface area contributed by atoms with Crippen molar-refractivity contribution in [2.45, 2.75) is 44.2 Å². The fourth-order valence-electron chi connectivity index (χ4n) is 3.34. The van der Waals surface area contributed by atoms with Gasteiger partial charge in [0.05, 0.1) is 12.6 Å². The molecule has 3 N–H and O–H groups in total. The summed E-state index contributed by atoms with van der Waals surface area (Å²) in [6.07, 6.45) is 4.56. The summed E-state index contributed by atoms with van der Waals surface area (Å²) in [7, 11) is 0. The molecule has 0 radical (unpaired) electrons. The maximum Gasteiger partial charge on any atom is 0.246 e. The molecule has 6 nitrogen and oxygen atoms in total. The molecule has 130 valence electrons. The quantitative estimate of drug-likeness (QED) is 0.784. The number of carbonyl (C=O) groups excluding carboxylic acids is 2. The first-order valence-electron chi connectivity index (χ1n) is 8.59. The maximum absolute atomic E-state index is 12.2. The van der Waals surface area contributed by atoms with Crippen LogP contribution in [0.1, 0.15) is 43.8 Å². The van der Waals surface area contributed by atoms with Gasteiger partial charge in [-0.25, -0.2) is 0 Å². The van der Waals surface area contributed by atoms with Crippen LogP contribution in [0.4, 0.5) is 5.69 Å². The number of anilines is 1. The molecule has 2 atom stereocenters. The number of carbonyl (C=O) groups is 2. The van der Waals surface area contributed by atoms with Crippen LogP contribution < -0.4 is 10.6 Å². The SMILES string of the molecule is O=C1COC[C@H]([C@H](O)c2ccc(NC(=O)C3CCCCC3)cc2)N1. The molecule has 1 aliphatic heterocycles. The lowest BCUT2D eigenvalue weighted by molar-refractivity contribution is -0.133. The second-order valence-electron chi connectivity index (χ2n) is 6.58. The molecule has 0 bridgehead atoms. The van der Waals surface area contributed by atoms with Gasteiger partial charge in [0.2, 0.25) is 11.8 Å². The van der Waals surface area contributed by atoms with Crippen molar-refractivity contribution in [1.82, 2.24) is 5.32 Å². The molecular weight excluding hydrogens is 308 g/mol. The van der Waals surface area contributed by atoms with Gasteiger partial charge >= 0.3 is 0 Å². The van der Waals surface area contributed by atoms with Gasteiger partial charge in [0.1, 0.15) is 12.7 Å². The minimum absolute atomic E-state index is 0.0371. The summed E-state index contributed by atoms with van der Waals surface area (Å²) in [5, 5.41) is 16.0. The number of amides is 2. The first-order valence-corrected chi connectivity index (χ1v) is 8.59. The highest BCUT2D eigenvalue weighted by Gasteiger charge is 2.27. The minimum atomic E-state index is -0.836. The molecule has 0 unspecified atom stereocenters. The Bertz CT molecular complexity index is 581. The van der Waals surface area contributed by atoms with Gasteiger partial charge in [-0.2, -0.15) is 0 Å². The lowest BCUT2D eigenvalue weighted by atomic mass is 9.88. The van der Waals surface area contributed by atoms with Crippen molar-refractivity contribution in [2.75, 3.05) is 18.5 Å². The average Bonchev–Trinajstić information content (AvgIpc) is 2.62. The summed E-state index contributed by atoms with van der Waals surface area (Å²) < 4.78 is 5.15. The van der Waals surface area contributed by atoms with Gasteiger partial charge in [-0.3, -0.25) is 9.59 Å². The van der Waals surface area contributed by atoms with Gasteiger partial charge in [0, 0.05) is 11.6 Å². The summed E-state index contributed by atoms with van der Waals surface area (Å²) >= 11 is 0. The fraction of sp³-hybridized carbons (Fsp3) is 0.556. The van der Waals surface area contributed by atoms with Crippen molar-refractivity contribution in [1.29, 1.82) is 0 Å². The summed E-state index contributed by atoms with van der Waals surface area (Å²) in [5.41, 5.74) is 1.41. The third-order valence-corrected chi connectivity index (χ3v) is 4.75. The molecule has 1 heterocycles. The average molecular weight is 332 g/mol. The highest BCUT2D eigenvalue weighted by molar-refractivity contribution is 5.92. The van der Waals surface area contributed by atoms with Crippen LogP contribution in [0.3, 0.4) is 0 Å². The van der Waals surface area contributed by atoms with Crippen molar-refractivity contribution < 1.29 is 19.4 Å². The molecule has 24 heavy (non-hydrogen) atoms. The molecule has 3 rings (SSSR count). The Kier molecular flexibility index (Phi) is 5.48. The van der Waals surface area contributed by atoms with E-state index in [4.69, 9.17) is 4.74 Å². The number of ether oxygens (including phenoxy) is 1. The van der Waals surface area contributed by atoms with Crippen LogP contribution in [0.15, 0.2) is 24.3 Å². The number of aliphatic hydroxyl groups is 1. The lowest BCUT2D eigenvalue weighted by Crippen LogP contribution is -2.48. The van der Waals surface area contributed by atoms with E-state index in [-0.39, 0.29) is 30.9 Å². The molecule has 2 fully saturated rings. The topological polar surface area (TPSA) is 87.7 Å². The van der Waals surface area contributed by atoms with E-state index in [1.165, 1.54) is 6.42 Å². The van der Waals surface area contributed by atoms with Crippen LogP contribution >= 0.6 is 0 Å². The number of rotatable bonds is 4. The largest absolute Gasteiger partial charge is 0.386 e. The summed E-state index contributed by atoms with van der Waals surface area (Å²) in [4.78, 5) is 23.6. The Hall–Kier alpha value is -1.92. The highest BCUT2D eigenvalue weighted by atomic mass is 16.5. The van der Waals surface area contributed by atoms with E-state index in [0.717, 1.165) is 31.4 Å². The predicted molar refractivity (Wildman–Crippen MR) is 89.4 cm³/mol. The number of hydrogen-bond acceptors (Lipinski definition) is 4. The van der Waals surface area contributed by atoms with Crippen LogP contribution in [0.25, 0.3) is 0 Å². The monoisotopic (exact) mass is 332 g/mol. The van der Waals surface area contributed by atoms with Crippen molar-refractivity contribution in [3.63, 3.8) is 0 Å². The molecule has 1 aromatic rings. The first-order chi connectivity index (χ1) is 11.6. The first kappa shape index (κ1) is 16.9. The van der Waals surface area contributed by atoms with E-state index >= 15 is 0 Å². The smallest absolute Gasteiger partial charge is 0.246 e. The van der Waals surface area contributed by atoms with Crippen LogP contribution in [0.2, 0.25) is 0 Å². The van der Waals surface area contributed by atoms with Crippen molar-refractivity contribution in [2.24, 2.45) is 5.92 Å². The second kappa shape index (κ2) is 7.77. The van der Waals surface area contributed by atoms with Gasteiger partial charge in [-0.1, -0.05) is 31.4 Å². The standard InChI is InChI=1S/C18H24N2O4/c21-16-11-24-10-15(20-16)17(22)12-6-8-14(9-7-12)19-18(23)13-4-2-1-3-5-13/h6-9,13,15,17,22H,1-5,10-11H2,(H,19,23)(H,20,21)/t15-,17-/m1/s1. The predicted octanol–water partition coefficient (Wildman–Crippen LogP) is 1.75. The van der Waals surface area contributed by atoms with Crippen LogP contribution in [-0.2, 0) is 14.3 Å². The summed E-state index contributed by atoms with van der Waals surface area (Å²) in [6, 6.07) is 6.65. The van der Waals surface area contributed by atoms with Crippen LogP contribution in [0, 0.1) is 5.92 Å². The lowest BCUT2D eigenvalue weighted by Gasteiger charge is -2.28. The zero-order chi connectivity index (χ0) is 16.9. The van der Waals surface area contributed by atoms with E-state index in [1.54, 1.807) is 24.3 Å². The molecular formula is C18H24N2O4. The number of morpholine rings is 1. The third kappa shape index (κ3) is 4.13. The van der Waals surface area contributed by atoms with Gasteiger partial charge in [0.25, 0.3) is 0 Å². The Labute approximate surface area is 141 Å². The molecule has 2 aliphatic rings. The molecule has 2 amide bonds. The van der Waals surface area contributed by atoms with Crippen molar-refractivity contribution in [3.05, 3.63) is 29.8 Å². The van der Waals surface area contributed by atoms with Crippen LogP contribution in [0.5, 0.6) is 0 Å². The van der Waals surface area contributed by atoms with Gasteiger partial charge in [-0.15, -0.1) is 0 Å². The van der Waals surface area contributed by atoms with Gasteiger partial charge < -0.3 is 20.5 Å². The third-order valence-electron chi connectivity index (χ3n) is 4.75. The van der Waals surface area contributed by atoms with E-state index in [0.29, 0.717) is 5.56 Å². The maximum atomic E-state index is 12.2. The molecule has 0 aromatic heterocycles. The Morgan fingerprint density at radius 1 is 1.21 bits per heavy atom. The number of hydrogen-bond donors (Lipinski definition) is 3.